The van der Waals surface area contributed by atoms with Crippen LogP contribution in [0.4, 0.5) is 5.69 Å². The van der Waals surface area contributed by atoms with Gasteiger partial charge in [-0.25, -0.2) is 4.98 Å². The minimum absolute atomic E-state index is 0.0673. The predicted octanol–water partition coefficient (Wildman–Crippen LogP) is 4.96. The van der Waals surface area contributed by atoms with E-state index in [0.717, 1.165) is 33.7 Å². The summed E-state index contributed by atoms with van der Waals surface area (Å²) in [5.74, 6) is 0.731. The van der Waals surface area contributed by atoms with Crippen LogP contribution >= 0.6 is 0 Å². The van der Waals surface area contributed by atoms with Crippen molar-refractivity contribution in [3.63, 3.8) is 0 Å². The molecular weight excluding hydrogens is 334 g/mol. The predicted molar refractivity (Wildman–Crippen MR) is 110 cm³/mol. The molecular formula is C23H21N3O. The second-order valence-corrected chi connectivity index (χ2v) is 6.74. The zero-order chi connectivity index (χ0) is 18.8. The number of nitrogens with one attached hydrogen (secondary N) is 1. The molecule has 0 fully saturated rings. The average molecular weight is 355 g/mol. The molecule has 1 heterocycles. The molecule has 4 nitrogen and oxygen atoms in total. The second-order valence-electron chi connectivity index (χ2n) is 6.74. The van der Waals surface area contributed by atoms with E-state index in [0.29, 0.717) is 0 Å². The molecule has 4 rings (SSSR count). The number of aryl methyl sites for hydroxylation is 2. The van der Waals surface area contributed by atoms with E-state index in [1.165, 1.54) is 5.56 Å². The number of aromatic nitrogens is 2. The number of hydrogen-bond acceptors (Lipinski definition) is 2. The van der Waals surface area contributed by atoms with Gasteiger partial charge in [0, 0.05) is 11.3 Å². The van der Waals surface area contributed by atoms with Gasteiger partial charge < -0.3 is 9.88 Å². The van der Waals surface area contributed by atoms with Crippen molar-refractivity contribution in [3.8, 4) is 11.4 Å². The number of anilines is 1. The molecule has 27 heavy (non-hydrogen) atoms. The minimum atomic E-state index is -0.0673. The highest BCUT2D eigenvalue weighted by Crippen LogP contribution is 2.25. The maximum atomic E-state index is 12.8. The van der Waals surface area contributed by atoms with Gasteiger partial charge in [-0.15, -0.1) is 0 Å². The summed E-state index contributed by atoms with van der Waals surface area (Å²) < 4.78 is 1.98. The SMILES string of the molecule is Cc1ccc(NC(=O)Cn2c(-c3ccccc3)nc3ccccc32)c(C)c1. The van der Waals surface area contributed by atoms with Crippen molar-refractivity contribution in [2.75, 3.05) is 5.32 Å². The van der Waals surface area contributed by atoms with Crippen LogP contribution in [0.25, 0.3) is 22.4 Å². The van der Waals surface area contributed by atoms with Gasteiger partial charge in [-0.3, -0.25) is 4.79 Å². The third-order valence-electron chi connectivity index (χ3n) is 4.64. The highest BCUT2D eigenvalue weighted by molar-refractivity contribution is 5.93. The van der Waals surface area contributed by atoms with E-state index in [1.807, 2.05) is 85.1 Å². The zero-order valence-corrected chi connectivity index (χ0v) is 15.4. The molecule has 0 radical (unpaired) electrons. The van der Waals surface area contributed by atoms with E-state index in [4.69, 9.17) is 4.98 Å². The lowest BCUT2D eigenvalue weighted by molar-refractivity contribution is -0.116. The van der Waals surface area contributed by atoms with Crippen LogP contribution in [0.5, 0.6) is 0 Å². The molecule has 0 spiro atoms. The largest absolute Gasteiger partial charge is 0.324 e. The molecule has 0 atom stereocenters. The van der Waals surface area contributed by atoms with Crippen LogP contribution in [-0.4, -0.2) is 15.5 Å². The van der Waals surface area contributed by atoms with Gasteiger partial charge in [-0.2, -0.15) is 0 Å². The monoisotopic (exact) mass is 355 g/mol. The van der Waals surface area contributed by atoms with E-state index < -0.39 is 0 Å². The number of rotatable bonds is 4. The molecule has 134 valence electrons. The van der Waals surface area contributed by atoms with Gasteiger partial charge in [-0.1, -0.05) is 60.2 Å². The van der Waals surface area contributed by atoms with Crippen molar-refractivity contribution in [3.05, 3.63) is 83.9 Å². The number of para-hydroxylation sites is 2. The molecule has 0 bridgehead atoms. The van der Waals surface area contributed by atoms with Gasteiger partial charge in [-0.05, 0) is 37.6 Å². The summed E-state index contributed by atoms with van der Waals surface area (Å²) >= 11 is 0. The lowest BCUT2D eigenvalue weighted by atomic mass is 10.1. The van der Waals surface area contributed by atoms with Crippen LogP contribution in [0.1, 0.15) is 11.1 Å². The Morgan fingerprint density at radius 3 is 2.48 bits per heavy atom. The second kappa shape index (κ2) is 7.08. The Morgan fingerprint density at radius 2 is 1.70 bits per heavy atom. The zero-order valence-electron chi connectivity index (χ0n) is 15.4. The highest BCUT2D eigenvalue weighted by atomic mass is 16.1. The number of hydrogen-bond donors (Lipinski definition) is 1. The minimum Gasteiger partial charge on any atom is -0.324 e. The molecule has 0 unspecified atom stereocenters. The first-order valence-corrected chi connectivity index (χ1v) is 8.99. The smallest absolute Gasteiger partial charge is 0.244 e. The number of amides is 1. The Hall–Kier alpha value is -3.40. The van der Waals surface area contributed by atoms with Gasteiger partial charge in [0.25, 0.3) is 0 Å². The normalized spacial score (nSPS) is 10.9. The first-order valence-electron chi connectivity index (χ1n) is 8.99. The summed E-state index contributed by atoms with van der Waals surface area (Å²) in [6, 6.07) is 23.9. The molecule has 3 aromatic carbocycles. The van der Waals surface area contributed by atoms with Crippen LogP contribution in [0.15, 0.2) is 72.8 Å². The van der Waals surface area contributed by atoms with Gasteiger partial charge in [0.15, 0.2) is 0 Å². The molecule has 0 saturated heterocycles. The lowest BCUT2D eigenvalue weighted by Crippen LogP contribution is -2.19. The van der Waals surface area contributed by atoms with Crippen molar-refractivity contribution < 1.29 is 4.79 Å². The number of imidazole rings is 1. The molecule has 1 N–H and O–H groups in total. The first-order chi connectivity index (χ1) is 13.1. The molecule has 0 saturated carbocycles. The number of carbonyl (C=O) groups is 1. The van der Waals surface area contributed by atoms with Gasteiger partial charge in [0.1, 0.15) is 12.4 Å². The Kier molecular flexibility index (Phi) is 4.47. The third kappa shape index (κ3) is 3.47. The van der Waals surface area contributed by atoms with Crippen LogP contribution in [0, 0.1) is 13.8 Å². The Morgan fingerprint density at radius 1 is 0.963 bits per heavy atom. The van der Waals surface area contributed by atoms with Crippen molar-refractivity contribution in [1.82, 2.24) is 9.55 Å². The first kappa shape index (κ1) is 17.0. The molecule has 0 aliphatic heterocycles. The molecule has 4 heteroatoms. The summed E-state index contributed by atoms with van der Waals surface area (Å²) in [5.41, 5.74) is 5.91. The highest BCUT2D eigenvalue weighted by Gasteiger charge is 2.15. The standard InChI is InChI=1S/C23H21N3O/c1-16-12-13-19(17(2)14-16)24-22(27)15-26-21-11-7-6-10-20(21)25-23(26)18-8-4-3-5-9-18/h3-14H,15H2,1-2H3,(H,24,27). The summed E-state index contributed by atoms with van der Waals surface area (Å²) in [6.07, 6.45) is 0. The fraction of sp³-hybridized carbons (Fsp3) is 0.130. The quantitative estimate of drug-likeness (QED) is 0.562. The molecule has 1 amide bonds. The fourth-order valence-corrected chi connectivity index (χ4v) is 3.33. The van der Waals surface area contributed by atoms with Crippen molar-refractivity contribution in [2.24, 2.45) is 0 Å². The van der Waals surface area contributed by atoms with E-state index >= 15 is 0 Å². The maximum absolute atomic E-state index is 12.8. The number of carbonyl (C=O) groups excluding carboxylic acids is 1. The number of nitrogens with zero attached hydrogens (tertiary/aromatic N) is 2. The fourth-order valence-electron chi connectivity index (χ4n) is 3.33. The van der Waals surface area contributed by atoms with E-state index in [-0.39, 0.29) is 12.5 Å². The van der Waals surface area contributed by atoms with E-state index in [2.05, 4.69) is 11.4 Å². The lowest BCUT2D eigenvalue weighted by Gasteiger charge is -2.12. The van der Waals surface area contributed by atoms with Crippen molar-refractivity contribution in [1.29, 1.82) is 0 Å². The van der Waals surface area contributed by atoms with Crippen LogP contribution in [-0.2, 0) is 11.3 Å². The topological polar surface area (TPSA) is 46.9 Å². The Labute approximate surface area is 158 Å². The molecule has 4 aromatic rings. The summed E-state index contributed by atoms with van der Waals surface area (Å²) in [7, 11) is 0. The molecule has 1 aromatic heterocycles. The van der Waals surface area contributed by atoms with Crippen LogP contribution < -0.4 is 5.32 Å². The average Bonchev–Trinajstić information content (AvgIpc) is 3.03. The maximum Gasteiger partial charge on any atom is 0.244 e. The Bertz CT molecular complexity index is 1110. The summed E-state index contributed by atoms with van der Waals surface area (Å²) in [4.78, 5) is 17.5. The third-order valence-corrected chi connectivity index (χ3v) is 4.64. The van der Waals surface area contributed by atoms with Crippen molar-refractivity contribution >= 4 is 22.6 Å². The van der Waals surface area contributed by atoms with Gasteiger partial charge >= 0.3 is 0 Å². The van der Waals surface area contributed by atoms with Crippen LogP contribution in [0.2, 0.25) is 0 Å². The van der Waals surface area contributed by atoms with Gasteiger partial charge in [0.05, 0.1) is 11.0 Å². The molecule has 0 aliphatic rings. The summed E-state index contributed by atoms with van der Waals surface area (Å²) in [5, 5.41) is 3.03. The molecule has 0 aliphatic carbocycles. The van der Waals surface area contributed by atoms with E-state index in [9.17, 15) is 4.79 Å². The van der Waals surface area contributed by atoms with Crippen molar-refractivity contribution in [2.45, 2.75) is 20.4 Å². The summed E-state index contributed by atoms with van der Waals surface area (Å²) in [6.45, 7) is 4.26. The number of fused-ring (bicyclic) bond motifs is 1. The van der Waals surface area contributed by atoms with Crippen LogP contribution in [0.3, 0.4) is 0 Å². The Balaban J connectivity index is 1.69. The van der Waals surface area contributed by atoms with E-state index in [1.54, 1.807) is 0 Å². The van der Waals surface area contributed by atoms with Gasteiger partial charge in [0.2, 0.25) is 5.91 Å². The number of benzene rings is 3.